The largest absolute Gasteiger partial charge is 0.393 e. The lowest BCUT2D eigenvalue weighted by Crippen LogP contribution is -2.42. The number of rotatable bonds is 3. The molecule has 1 aromatic rings. The van der Waals surface area contributed by atoms with Gasteiger partial charge in [0.25, 0.3) is 0 Å². The summed E-state index contributed by atoms with van der Waals surface area (Å²) in [4.78, 5) is 10.7. The summed E-state index contributed by atoms with van der Waals surface area (Å²) in [5, 5.41) is 10.2. The first-order valence-electron chi connectivity index (χ1n) is 6.05. The van der Waals surface area contributed by atoms with Gasteiger partial charge in [-0.3, -0.25) is 0 Å². The molecule has 1 fully saturated rings. The maximum absolute atomic E-state index is 9.73. The van der Waals surface area contributed by atoms with Crippen molar-refractivity contribution in [2.24, 2.45) is 5.92 Å². The molecule has 2 heterocycles. The molecule has 1 N–H and O–H groups in total. The molecule has 0 aliphatic carbocycles. The van der Waals surface area contributed by atoms with Gasteiger partial charge in [0, 0.05) is 26.3 Å². The van der Waals surface area contributed by atoms with Gasteiger partial charge in [0.15, 0.2) is 5.82 Å². The van der Waals surface area contributed by atoms with Crippen LogP contribution >= 0.6 is 11.6 Å². The fourth-order valence-electron chi connectivity index (χ4n) is 2.15. The summed E-state index contributed by atoms with van der Waals surface area (Å²) in [5.74, 6) is 1.62. The SMILES string of the molecule is COCc1nc(Cl)cc(N2CCC(O)C(C)C2)n1. The third-order valence-corrected chi connectivity index (χ3v) is 3.38. The van der Waals surface area contributed by atoms with E-state index in [4.69, 9.17) is 16.3 Å². The van der Waals surface area contributed by atoms with E-state index in [-0.39, 0.29) is 12.0 Å². The zero-order chi connectivity index (χ0) is 13.1. The Morgan fingerprint density at radius 2 is 2.33 bits per heavy atom. The van der Waals surface area contributed by atoms with Crippen LogP contribution in [0.3, 0.4) is 0 Å². The van der Waals surface area contributed by atoms with Crippen LogP contribution in [0, 0.1) is 5.92 Å². The first-order valence-corrected chi connectivity index (χ1v) is 6.43. The van der Waals surface area contributed by atoms with Gasteiger partial charge in [-0.1, -0.05) is 18.5 Å². The number of nitrogens with zero attached hydrogens (tertiary/aromatic N) is 3. The second kappa shape index (κ2) is 5.82. The van der Waals surface area contributed by atoms with Gasteiger partial charge >= 0.3 is 0 Å². The van der Waals surface area contributed by atoms with Crippen LogP contribution in [0.5, 0.6) is 0 Å². The van der Waals surface area contributed by atoms with Crippen LogP contribution < -0.4 is 4.90 Å². The van der Waals surface area contributed by atoms with Gasteiger partial charge in [0.1, 0.15) is 17.6 Å². The van der Waals surface area contributed by atoms with Crippen LogP contribution in [-0.2, 0) is 11.3 Å². The lowest BCUT2D eigenvalue weighted by molar-refractivity contribution is 0.0968. The summed E-state index contributed by atoms with van der Waals surface area (Å²) in [6.07, 6.45) is 0.527. The van der Waals surface area contributed by atoms with Gasteiger partial charge < -0.3 is 14.7 Å². The molecule has 0 aromatic carbocycles. The van der Waals surface area contributed by atoms with Crippen molar-refractivity contribution >= 4 is 17.4 Å². The summed E-state index contributed by atoms with van der Waals surface area (Å²) in [7, 11) is 1.60. The Morgan fingerprint density at radius 3 is 3.00 bits per heavy atom. The Kier molecular flexibility index (Phi) is 4.37. The van der Waals surface area contributed by atoms with Gasteiger partial charge in [-0.05, 0) is 12.3 Å². The summed E-state index contributed by atoms with van der Waals surface area (Å²) >= 11 is 5.99. The summed E-state index contributed by atoms with van der Waals surface area (Å²) in [6, 6.07) is 1.76. The molecule has 0 spiro atoms. The molecule has 6 heteroatoms. The van der Waals surface area contributed by atoms with Gasteiger partial charge in [0.05, 0.1) is 6.10 Å². The molecular formula is C12H18ClN3O2. The molecular weight excluding hydrogens is 254 g/mol. The number of aliphatic hydroxyl groups is 1. The molecule has 0 amide bonds. The summed E-state index contributed by atoms with van der Waals surface area (Å²) in [5.41, 5.74) is 0. The van der Waals surface area contributed by atoms with E-state index < -0.39 is 0 Å². The number of aromatic nitrogens is 2. The molecule has 0 bridgehead atoms. The minimum absolute atomic E-state index is 0.225. The maximum Gasteiger partial charge on any atom is 0.158 e. The first kappa shape index (κ1) is 13.5. The van der Waals surface area contributed by atoms with Crippen molar-refractivity contribution in [3.05, 3.63) is 17.0 Å². The normalized spacial score (nSPS) is 24.3. The lowest BCUT2D eigenvalue weighted by atomic mass is 9.97. The highest BCUT2D eigenvalue weighted by Crippen LogP contribution is 2.23. The standard InChI is InChI=1S/C12H18ClN3O2/c1-8-6-16(4-3-9(8)17)12-5-10(13)14-11(15-12)7-18-2/h5,8-9,17H,3-4,6-7H2,1-2H3. The molecule has 1 saturated heterocycles. The van der Waals surface area contributed by atoms with E-state index in [0.717, 1.165) is 25.3 Å². The van der Waals surface area contributed by atoms with Crippen LogP contribution in [0.25, 0.3) is 0 Å². The Balaban J connectivity index is 2.17. The Labute approximate surface area is 112 Å². The lowest BCUT2D eigenvalue weighted by Gasteiger charge is -2.35. The number of aliphatic hydroxyl groups excluding tert-OH is 1. The van der Waals surface area contributed by atoms with Gasteiger partial charge in [0.2, 0.25) is 0 Å². The fourth-order valence-corrected chi connectivity index (χ4v) is 2.34. The molecule has 0 saturated carbocycles. The first-order chi connectivity index (χ1) is 8.60. The third kappa shape index (κ3) is 3.10. The summed E-state index contributed by atoms with van der Waals surface area (Å²) < 4.78 is 5.02. The predicted molar refractivity (Wildman–Crippen MR) is 69.8 cm³/mol. The van der Waals surface area contributed by atoms with E-state index in [1.807, 2.05) is 6.92 Å². The van der Waals surface area contributed by atoms with Crippen LogP contribution in [0.1, 0.15) is 19.2 Å². The number of methoxy groups -OCH3 is 1. The minimum atomic E-state index is -0.225. The number of piperidine rings is 1. The van der Waals surface area contributed by atoms with Crippen molar-refractivity contribution in [3.8, 4) is 0 Å². The molecule has 0 radical (unpaired) electrons. The van der Waals surface area contributed by atoms with Crippen LogP contribution in [0.4, 0.5) is 5.82 Å². The zero-order valence-corrected chi connectivity index (χ0v) is 11.4. The van der Waals surface area contributed by atoms with Crippen molar-refractivity contribution in [2.75, 3.05) is 25.1 Å². The smallest absolute Gasteiger partial charge is 0.158 e. The second-order valence-electron chi connectivity index (χ2n) is 4.68. The highest BCUT2D eigenvalue weighted by atomic mass is 35.5. The molecule has 2 atom stereocenters. The van der Waals surface area contributed by atoms with Crippen LogP contribution in [0.2, 0.25) is 5.15 Å². The highest BCUT2D eigenvalue weighted by molar-refractivity contribution is 6.29. The quantitative estimate of drug-likeness (QED) is 0.844. The maximum atomic E-state index is 9.73. The number of ether oxygens (including phenoxy) is 1. The molecule has 1 aliphatic heterocycles. The average Bonchev–Trinajstić information content (AvgIpc) is 2.32. The molecule has 1 aliphatic rings. The summed E-state index contributed by atoms with van der Waals surface area (Å²) in [6.45, 7) is 3.95. The van der Waals surface area contributed by atoms with Crippen molar-refractivity contribution < 1.29 is 9.84 Å². The molecule has 2 unspecified atom stereocenters. The van der Waals surface area contributed by atoms with Crippen molar-refractivity contribution in [2.45, 2.75) is 26.1 Å². The molecule has 18 heavy (non-hydrogen) atoms. The molecule has 5 nitrogen and oxygen atoms in total. The van der Waals surface area contributed by atoms with Crippen LogP contribution in [-0.4, -0.2) is 41.4 Å². The number of hydrogen-bond donors (Lipinski definition) is 1. The van der Waals surface area contributed by atoms with E-state index in [1.54, 1.807) is 13.2 Å². The molecule has 1 aromatic heterocycles. The van der Waals surface area contributed by atoms with Gasteiger partial charge in [-0.25, -0.2) is 9.97 Å². The van der Waals surface area contributed by atoms with E-state index >= 15 is 0 Å². The van der Waals surface area contributed by atoms with E-state index in [1.165, 1.54) is 0 Å². The Hall–Kier alpha value is -0.910. The molecule has 100 valence electrons. The third-order valence-electron chi connectivity index (χ3n) is 3.19. The van der Waals surface area contributed by atoms with E-state index in [9.17, 15) is 5.11 Å². The topological polar surface area (TPSA) is 58.5 Å². The van der Waals surface area contributed by atoms with Gasteiger partial charge in [-0.2, -0.15) is 0 Å². The van der Waals surface area contributed by atoms with Gasteiger partial charge in [-0.15, -0.1) is 0 Å². The fraction of sp³-hybridized carbons (Fsp3) is 0.667. The number of halogens is 1. The Morgan fingerprint density at radius 1 is 1.56 bits per heavy atom. The predicted octanol–water partition coefficient (Wildman–Crippen LogP) is 1.48. The molecule has 2 rings (SSSR count). The Bertz CT molecular complexity index is 416. The number of hydrogen-bond acceptors (Lipinski definition) is 5. The van der Waals surface area contributed by atoms with E-state index in [2.05, 4.69) is 14.9 Å². The highest BCUT2D eigenvalue weighted by Gasteiger charge is 2.25. The number of anilines is 1. The van der Waals surface area contributed by atoms with Crippen molar-refractivity contribution in [1.29, 1.82) is 0 Å². The minimum Gasteiger partial charge on any atom is -0.393 e. The van der Waals surface area contributed by atoms with Crippen molar-refractivity contribution in [3.63, 3.8) is 0 Å². The second-order valence-corrected chi connectivity index (χ2v) is 5.06. The van der Waals surface area contributed by atoms with Crippen LogP contribution in [0.15, 0.2) is 6.07 Å². The van der Waals surface area contributed by atoms with E-state index in [0.29, 0.717) is 17.6 Å². The average molecular weight is 272 g/mol. The monoisotopic (exact) mass is 271 g/mol. The van der Waals surface area contributed by atoms with Crippen molar-refractivity contribution in [1.82, 2.24) is 9.97 Å². The zero-order valence-electron chi connectivity index (χ0n) is 10.6.